The molecule has 0 heterocycles. The second kappa shape index (κ2) is 3.12. The Labute approximate surface area is 56.3 Å². The Morgan fingerprint density at radius 3 is 1.89 bits per heavy atom. The molecule has 0 spiro atoms. The molecule has 0 aliphatic rings. The van der Waals surface area contributed by atoms with Crippen LogP contribution in [0, 0.1) is 0 Å². The Kier molecular flexibility index (Phi) is 3.07. The lowest BCUT2D eigenvalue weighted by atomic mass is 10.1. The van der Waals surface area contributed by atoms with E-state index in [-0.39, 0.29) is 5.54 Å². The zero-order valence-electron chi connectivity index (χ0n) is 6.52. The van der Waals surface area contributed by atoms with Gasteiger partial charge in [0, 0.05) is 12.6 Å². The molecule has 56 valence electrons. The van der Waals surface area contributed by atoms with Gasteiger partial charge in [-0.05, 0) is 20.8 Å². The average Bonchev–Trinajstić information content (AvgIpc) is 1.62. The van der Waals surface area contributed by atoms with Crippen LogP contribution in [-0.4, -0.2) is 17.7 Å². The summed E-state index contributed by atoms with van der Waals surface area (Å²) >= 11 is 0. The maximum Gasteiger partial charge on any atom is 0.0255 e. The number of hydrazine groups is 3. The van der Waals surface area contributed by atoms with Crippen molar-refractivity contribution in [1.82, 2.24) is 16.1 Å². The Morgan fingerprint density at radius 1 is 1.33 bits per heavy atom. The van der Waals surface area contributed by atoms with Gasteiger partial charge in [0.1, 0.15) is 0 Å². The van der Waals surface area contributed by atoms with Crippen LogP contribution in [0.2, 0.25) is 0 Å². The van der Waals surface area contributed by atoms with Crippen LogP contribution in [-0.2, 0) is 0 Å². The number of nitrogens with one attached hydrogen (secondary N) is 2. The van der Waals surface area contributed by atoms with Crippen molar-refractivity contribution in [2.75, 3.05) is 7.05 Å². The first-order valence-electron chi connectivity index (χ1n) is 2.93. The average molecular weight is 132 g/mol. The number of nitrogens with two attached hydrogens (primary N) is 1. The van der Waals surface area contributed by atoms with Crippen molar-refractivity contribution < 1.29 is 0 Å². The second-order valence-electron chi connectivity index (χ2n) is 3.05. The molecule has 9 heavy (non-hydrogen) atoms. The van der Waals surface area contributed by atoms with Crippen molar-refractivity contribution in [3.63, 3.8) is 0 Å². The lowest BCUT2D eigenvalue weighted by molar-refractivity contribution is 0.101. The fourth-order valence-corrected chi connectivity index (χ4v) is 0.535. The van der Waals surface area contributed by atoms with E-state index in [1.165, 1.54) is 0 Å². The van der Waals surface area contributed by atoms with E-state index in [1.54, 1.807) is 5.12 Å². The zero-order valence-corrected chi connectivity index (χ0v) is 6.52. The summed E-state index contributed by atoms with van der Waals surface area (Å²) in [4.78, 5) is 0. The molecule has 0 aromatic carbocycles. The van der Waals surface area contributed by atoms with Crippen molar-refractivity contribution >= 4 is 0 Å². The Hall–Kier alpha value is -0.160. The van der Waals surface area contributed by atoms with E-state index in [4.69, 9.17) is 5.84 Å². The van der Waals surface area contributed by atoms with Crippen molar-refractivity contribution in [2.45, 2.75) is 26.3 Å². The first-order chi connectivity index (χ1) is 3.95. The normalized spacial score (nSPS) is 12.7. The fourth-order valence-electron chi connectivity index (χ4n) is 0.535. The number of nitrogens with zero attached hydrogens (tertiary/aromatic N) is 1. The topological polar surface area (TPSA) is 53.3 Å². The molecular weight excluding hydrogens is 116 g/mol. The van der Waals surface area contributed by atoms with Gasteiger partial charge in [-0.3, -0.25) is 5.84 Å². The van der Waals surface area contributed by atoms with Gasteiger partial charge >= 0.3 is 0 Å². The number of hydrogen-bond acceptors (Lipinski definition) is 4. The summed E-state index contributed by atoms with van der Waals surface area (Å²) in [7, 11) is 1.81. The summed E-state index contributed by atoms with van der Waals surface area (Å²) in [6.07, 6.45) is 0. The zero-order chi connectivity index (χ0) is 7.49. The molecule has 4 heteroatoms. The van der Waals surface area contributed by atoms with Gasteiger partial charge in [-0.25, -0.2) is 5.43 Å². The summed E-state index contributed by atoms with van der Waals surface area (Å²) in [5.74, 6) is 5.09. The molecule has 0 aliphatic heterocycles. The molecule has 0 rings (SSSR count). The van der Waals surface area contributed by atoms with Crippen LogP contribution in [0.4, 0.5) is 0 Å². The lowest BCUT2D eigenvalue weighted by Crippen LogP contribution is -2.55. The maximum atomic E-state index is 5.09. The Morgan fingerprint density at radius 2 is 1.78 bits per heavy atom. The quantitative estimate of drug-likeness (QED) is 0.353. The van der Waals surface area contributed by atoms with Crippen LogP contribution in [0.1, 0.15) is 20.8 Å². The number of rotatable bonds is 2. The molecule has 0 amide bonds. The van der Waals surface area contributed by atoms with Crippen LogP contribution in [0.3, 0.4) is 0 Å². The molecule has 4 nitrogen and oxygen atoms in total. The molecule has 0 aromatic heterocycles. The molecule has 0 bridgehead atoms. The van der Waals surface area contributed by atoms with Gasteiger partial charge in [0.15, 0.2) is 0 Å². The van der Waals surface area contributed by atoms with Crippen LogP contribution < -0.4 is 16.8 Å². The predicted molar refractivity (Wildman–Crippen MR) is 38.0 cm³/mol. The SMILES string of the molecule is CN(NN)NC(C)(C)C. The maximum absolute atomic E-state index is 5.09. The van der Waals surface area contributed by atoms with Crippen LogP contribution in [0.15, 0.2) is 0 Å². The van der Waals surface area contributed by atoms with Gasteiger partial charge < -0.3 is 0 Å². The molecular formula is C5H16N4. The van der Waals surface area contributed by atoms with Crippen molar-refractivity contribution in [3.05, 3.63) is 0 Å². The highest BCUT2D eigenvalue weighted by Crippen LogP contribution is 1.96. The lowest BCUT2D eigenvalue weighted by Gasteiger charge is -2.27. The summed E-state index contributed by atoms with van der Waals surface area (Å²) in [5, 5.41) is 1.61. The summed E-state index contributed by atoms with van der Waals surface area (Å²) in [6, 6.07) is 0. The molecule has 4 N–H and O–H groups in total. The third kappa shape index (κ3) is 5.72. The van der Waals surface area contributed by atoms with E-state index in [9.17, 15) is 0 Å². The van der Waals surface area contributed by atoms with Gasteiger partial charge in [0.25, 0.3) is 0 Å². The molecule has 0 fully saturated rings. The number of hydrogen-bond donors (Lipinski definition) is 3. The smallest absolute Gasteiger partial charge is 0.0255 e. The molecule has 0 radical (unpaired) electrons. The summed E-state index contributed by atoms with van der Waals surface area (Å²) < 4.78 is 0. The monoisotopic (exact) mass is 132 g/mol. The first kappa shape index (κ1) is 8.84. The van der Waals surface area contributed by atoms with Crippen LogP contribution in [0.25, 0.3) is 0 Å². The molecule has 0 aliphatic carbocycles. The Balaban J connectivity index is 3.47. The first-order valence-corrected chi connectivity index (χ1v) is 2.93. The van der Waals surface area contributed by atoms with Crippen molar-refractivity contribution in [3.8, 4) is 0 Å². The van der Waals surface area contributed by atoms with E-state index < -0.39 is 0 Å². The van der Waals surface area contributed by atoms with Gasteiger partial charge in [-0.15, -0.1) is 0 Å². The standard InChI is InChI=1S/C5H16N4/c1-5(2,3)7-9(4)8-6/h7-8H,6H2,1-4H3. The fraction of sp³-hybridized carbons (Fsp3) is 1.00. The minimum absolute atomic E-state index is 0.0567. The van der Waals surface area contributed by atoms with E-state index in [0.29, 0.717) is 0 Å². The largest absolute Gasteiger partial charge is 0.256 e. The van der Waals surface area contributed by atoms with E-state index >= 15 is 0 Å². The highest BCUT2D eigenvalue weighted by Gasteiger charge is 2.09. The molecule has 0 saturated carbocycles. The van der Waals surface area contributed by atoms with Gasteiger partial charge in [0.05, 0.1) is 0 Å². The van der Waals surface area contributed by atoms with Gasteiger partial charge in [-0.1, -0.05) is 0 Å². The molecule has 0 unspecified atom stereocenters. The minimum atomic E-state index is 0.0567. The third-order valence-corrected chi connectivity index (χ3v) is 0.697. The minimum Gasteiger partial charge on any atom is -0.256 e. The van der Waals surface area contributed by atoms with Gasteiger partial charge in [0.2, 0.25) is 0 Å². The van der Waals surface area contributed by atoms with E-state index in [2.05, 4.69) is 31.7 Å². The molecule has 0 saturated heterocycles. The second-order valence-corrected chi connectivity index (χ2v) is 3.05. The van der Waals surface area contributed by atoms with Crippen LogP contribution >= 0.6 is 0 Å². The van der Waals surface area contributed by atoms with Crippen molar-refractivity contribution in [1.29, 1.82) is 0 Å². The third-order valence-electron chi connectivity index (χ3n) is 0.697. The van der Waals surface area contributed by atoms with Gasteiger partial charge in [-0.2, -0.15) is 10.7 Å². The molecule has 0 aromatic rings. The predicted octanol–water partition coefficient (Wildman–Crippen LogP) is -0.400. The summed E-state index contributed by atoms with van der Waals surface area (Å²) in [5.41, 5.74) is 5.57. The van der Waals surface area contributed by atoms with E-state index in [0.717, 1.165) is 0 Å². The van der Waals surface area contributed by atoms with Crippen LogP contribution in [0.5, 0.6) is 0 Å². The van der Waals surface area contributed by atoms with E-state index in [1.807, 2.05) is 7.05 Å². The summed E-state index contributed by atoms with van der Waals surface area (Å²) in [6.45, 7) is 6.17. The highest BCUT2D eigenvalue weighted by atomic mass is 15.8. The highest BCUT2D eigenvalue weighted by molar-refractivity contribution is 4.65. The van der Waals surface area contributed by atoms with Crippen molar-refractivity contribution in [2.24, 2.45) is 5.84 Å². The molecule has 0 atom stereocenters. The Bertz CT molecular complexity index is 75.5.